The Morgan fingerprint density at radius 1 is 1.07 bits per heavy atom. The summed E-state index contributed by atoms with van der Waals surface area (Å²) < 4.78 is 7.71. The number of unbranched alkanes of at least 4 members (excludes halogenated alkanes) is 1. The molecule has 0 atom stereocenters. The number of rotatable bonds is 9. The van der Waals surface area contributed by atoms with E-state index in [4.69, 9.17) is 4.74 Å². The molecule has 1 aromatic heterocycles. The third kappa shape index (κ3) is 5.29. The van der Waals surface area contributed by atoms with E-state index in [0.29, 0.717) is 0 Å². The lowest BCUT2D eigenvalue weighted by molar-refractivity contribution is -0.667. The van der Waals surface area contributed by atoms with Gasteiger partial charge in [0, 0.05) is 29.4 Å². The molecule has 0 fully saturated rings. The fourth-order valence-corrected chi connectivity index (χ4v) is 6.29. The van der Waals surface area contributed by atoms with Gasteiger partial charge < -0.3 is 14.7 Å². The SMILES string of the molecule is CCCCN1C(=CC=C(C)C=Cc2cc[n+](CC)c3cc(OC)cc(CO)c23)C(C)(C)c2c1ccc1ccccc21. The Morgan fingerprint density at radius 3 is 2.61 bits per heavy atom. The van der Waals surface area contributed by atoms with Gasteiger partial charge in [-0.15, -0.1) is 0 Å². The van der Waals surface area contributed by atoms with E-state index in [2.05, 4.69) is 123 Å². The molecule has 0 unspecified atom stereocenters. The molecule has 2 heterocycles. The molecular weight excluding hydrogens is 504 g/mol. The van der Waals surface area contributed by atoms with Crippen molar-refractivity contribution in [3.8, 4) is 5.75 Å². The molecule has 0 spiro atoms. The Bertz CT molecular complexity index is 1680. The number of benzene rings is 3. The summed E-state index contributed by atoms with van der Waals surface area (Å²) >= 11 is 0. The van der Waals surface area contributed by atoms with Crippen molar-refractivity contribution in [2.75, 3.05) is 18.6 Å². The number of hydrogen-bond donors (Lipinski definition) is 1. The van der Waals surface area contributed by atoms with E-state index in [1.807, 2.05) is 6.07 Å². The highest BCUT2D eigenvalue weighted by molar-refractivity contribution is 5.95. The minimum atomic E-state index is -0.108. The number of anilines is 1. The second-order valence-electron chi connectivity index (χ2n) is 11.5. The number of aliphatic hydroxyl groups is 1. The average molecular weight is 548 g/mol. The van der Waals surface area contributed by atoms with Crippen molar-refractivity contribution < 1.29 is 14.4 Å². The van der Waals surface area contributed by atoms with Crippen molar-refractivity contribution in [3.05, 3.63) is 107 Å². The molecule has 0 saturated carbocycles. The summed E-state index contributed by atoms with van der Waals surface area (Å²) in [6, 6.07) is 19.4. The van der Waals surface area contributed by atoms with Crippen LogP contribution in [0.4, 0.5) is 5.69 Å². The zero-order valence-corrected chi connectivity index (χ0v) is 25.4. The highest BCUT2D eigenvalue weighted by atomic mass is 16.5. The predicted octanol–water partition coefficient (Wildman–Crippen LogP) is 8.24. The van der Waals surface area contributed by atoms with E-state index in [1.54, 1.807) is 7.11 Å². The highest BCUT2D eigenvalue weighted by Gasteiger charge is 2.40. The Kier molecular flexibility index (Phi) is 8.32. The molecule has 0 saturated heterocycles. The van der Waals surface area contributed by atoms with Gasteiger partial charge in [0.2, 0.25) is 5.52 Å². The lowest BCUT2D eigenvalue weighted by Crippen LogP contribution is -2.33. The van der Waals surface area contributed by atoms with E-state index >= 15 is 0 Å². The van der Waals surface area contributed by atoms with Crippen LogP contribution in [-0.2, 0) is 18.6 Å². The van der Waals surface area contributed by atoms with Crippen LogP contribution in [0.2, 0.25) is 0 Å². The van der Waals surface area contributed by atoms with Crippen molar-refractivity contribution in [3.63, 3.8) is 0 Å². The zero-order chi connectivity index (χ0) is 29.1. The Morgan fingerprint density at radius 2 is 1.88 bits per heavy atom. The summed E-state index contributed by atoms with van der Waals surface area (Å²) in [5.41, 5.74) is 8.18. The van der Waals surface area contributed by atoms with Crippen molar-refractivity contribution >= 4 is 33.4 Å². The molecule has 41 heavy (non-hydrogen) atoms. The Hall–Kier alpha value is -3.89. The molecule has 0 amide bonds. The molecule has 4 aromatic rings. The van der Waals surface area contributed by atoms with Crippen LogP contribution in [0.3, 0.4) is 0 Å². The van der Waals surface area contributed by atoms with Gasteiger partial charge in [-0.1, -0.05) is 81.3 Å². The number of fused-ring (bicyclic) bond motifs is 4. The molecule has 1 N–H and O–H groups in total. The quantitative estimate of drug-likeness (QED) is 0.169. The second kappa shape index (κ2) is 11.9. The minimum Gasteiger partial charge on any atom is -0.496 e. The Labute approximate surface area is 244 Å². The fourth-order valence-electron chi connectivity index (χ4n) is 6.29. The van der Waals surface area contributed by atoms with E-state index in [-0.39, 0.29) is 12.0 Å². The summed E-state index contributed by atoms with van der Waals surface area (Å²) in [7, 11) is 1.67. The van der Waals surface area contributed by atoms with Gasteiger partial charge in [-0.2, -0.15) is 4.57 Å². The monoisotopic (exact) mass is 547 g/mol. The number of allylic oxidation sites excluding steroid dienone is 5. The normalized spacial score (nSPS) is 15.9. The van der Waals surface area contributed by atoms with Gasteiger partial charge in [-0.25, -0.2) is 0 Å². The maximum Gasteiger partial charge on any atom is 0.217 e. The first-order valence-electron chi connectivity index (χ1n) is 14.8. The van der Waals surface area contributed by atoms with Crippen LogP contribution in [0, 0.1) is 0 Å². The molecule has 1 aliphatic heterocycles. The topological polar surface area (TPSA) is 36.6 Å². The Balaban J connectivity index is 1.54. The van der Waals surface area contributed by atoms with Gasteiger partial charge in [0.1, 0.15) is 12.3 Å². The number of aryl methyl sites for hydroxylation is 1. The molecule has 0 radical (unpaired) electrons. The molecule has 1 aliphatic rings. The summed E-state index contributed by atoms with van der Waals surface area (Å²) in [6.07, 6.45) is 13.3. The molecule has 212 valence electrons. The number of pyridine rings is 1. The van der Waals surface area contributed by atoms with Gasteiger partial charge in [0.15, 0.2) is 6.20 Å². The van der Waals surface area contributed by atoms with Crippen LogP contribution in [0.15, 0.2) is 90.3 Å². The van der Waals surface area contributed by atoms with E-state index in [9.17, 15) is 5.11 Å². The summed E-state index contributed by atoms with van der Waals surface area (Å²) in [6.45, 7) is 13.1. The van der Waals surface area contributed by atoms with E-state index in [1.165, 1.54) is 33.3 Å². The minimum absolute atomic E-state index is 0.0406. The summed E-state index contributed by atoms with van der Waals surface area (Å²) in [5, 5.41) is 13.9. The molecule has 0 aliphatic carbocycles. The number of aromatic nitrogens is 1. The molecule has 3 aromatic carbocycles. The largest absolute Gasteiger partial charge is 0.496 e. The van der Waals surface area contributed by atoms with Crippen LogP contribution in [0.25, 0.3) is 27.8 Å². The average Bonchev–Trinajstić information content (AvgIpc) is 3.22. The fraction of sp³-hybridized carbons (Fsp3) is 0.324. The van der Waals surface area contributed by atoms with Crippen LogP contribution >= 0.6 is 0 Å². The number of hydrogen-bond acceptors (Lipinski definition) is 3. The summed E-state index contributed by atoms with van der Waals surface area (Å²) in [4.78, 5) is 2.54. The smallest absolute Gasteiger partial charge is 0.217 e. The maximum atomic E-state index is 10.2. The molecule has 0 bridgehead atoms. The number of aliphatic hydroxyl groups excluding tert-OH is 1. The first-order valence-corrected chi connectivity index (χ1v) is 14.8. The van der Waals surface area contributed by atoms with Crippen LogP contribution in [0.1, 0.15) is 64.2 Å². The van der Waals surface area contributed by atoms with Gasteiger partial charge in [-0.05, 0) is 65.9 Å². The van der Waals surface area contributed by atoms with Crippen molar-refractivity contribution in [2.24, 2.45) is 0 Å². The van der Waals surface area contributed by atoms with Crippen LogP contribution in [0.5, 0.6) is 5.75 Å². The van der Waals surface area contributed by atoms with Gasteiger partial charge in [-0.3, -0.25) is 0 Å². The first kappa shape index (κ1) is 28.6. The van der Waals surface area contributed by atoms with Crippen LogP contribution < -0.4 is 14.2 Å². The lowest BCUT2D eigenvalue weighted by Gasteiger charge is -2.27. The van der Waals surface area contributed by atoms with Crippen molar-refractivity contribution in [1.82, 2.24) is 0 Å². The highest BCUT2D eigenvalue weighted by Crippen LogP contribution is 2.50. The van der Waals surface area contributed by atoms with Gasteiger partial charge in [0.05, 0.1) is 25.2 Å². The van der Waals surface area contributed by atoms with Crippen molar-refractivity contribution in [2.45, 2.75) is 66.0 Å². The molecule has 4 heteroatoms. The van der Waals surface area contributed by atoms with Crippen LogP contribution in [-0.4, -0.2) is 18.8 Å². The zero-order valence-electron chi connectivity index (χ0n) is 25.4. The third-order valence-corrected chi connectivity index (χ3v) is 8.47. The maximum absolute atomic E-state index is 10.2. The van der Waals surface area contributed by atoms with Gasteiger partial charge >= 0.3 is 0 Å². The number of methoxy groups -OCH3 is 1. The number of nitrogens with zero attached hydrogens (tertiary/aromatic N) is 2. The molecule has 5 rings (SSSR count). The second-order valence-corrected chi connectivity index (χ2v) is 11.5. The molecular formula is C37H43N2O2+. The molecule has 4 nitrogen and oxygen atoms in total. The summed E-state index contributed by atoms with van der Waals surface area (Å²) in [5.74, 6) is 0.758. The predicted molar refractivity (Wildman–Crippen MR) is 172 cm³/mol. The van der Waals surface area contributed by atoms with E-state index in [0.717, 1.165) is 53.7 Å². The first-order chi connectivity index (χ1) is 19.8. The van der Waals surface area contributed by atoms with E-state index < -0.39 is 0 Å². The van der Waals surface area contributed by atoms with Gasteiger partial charge in [0.25, 0.3) is 0 Å². The number of ether oxygens (including phenoxy) is 1. The third-order valence-electron chi connectivity index (χ3n) is 8.47. The lowest BCUT2D eigenvalue weighted by atomic mass is 9.81. The van der Waals surface area contributed by atoms with Crippen molar-refractivity contribution in [1.29, 1.82) is 0 Å². The standard InChI is InChI=1S/C37H43N2O2/c1-7-9-21-39-32-18-17-27-12-10-11-13-31(27)36(32)37(4,5)34(39)19-15-26(3)14-16-28-20-22-38(8-2)33-24-30(41-6)23-29(25-40)35(28)33/h10-20,22-24,40H,7-9,21,25H2,1-6H3/q+1.